The van der Waals surface area contributed by atoms with Crippen molar-refractivity contribution in [2.45, 2.75) is 18.8 Å². The van der Waals surface area contributed by atoms with Gasteiger partial charge in [-0.3, -0.25) is 9.78 Å². The highest BCUT2D eigenvalue weighted by atomic mass is 16.5. The molecule has 1 atom stereocenters. The number of hydrogen-bond acceptors (Lipinski definition) is 4. The molecule has 1 heterocycles. The average molecular weight is 284 g/mol. The summed E-state index contributed by atoms with van der Waals surface area (Å²) < 4.78 is 5.04. The summed E-state index contributed by atoms with van der Waals surface area (Å²) in [6.07, 6.45) is 3.91. The van der Waals surface area contributed by atoms with E-state index >= 15 is 0 Å². The summed E-state index contributed by atoms with van der Waals surface area (Å²) >= 11 is 0. The fourth-order valence-corrected chi connectivity index (χ4v) is 2.55. The van der Waals surface area contributed by atoms with Crippen LogP contribution in [0.5, 0.6) is 0 Å². The van der Waals surface area contributed by atoms with E-state index in [0.29, 0.717) is 6.42 Å². The molecule has 1 unspecified atom stereocenters. The number of aryl methyl sites for hydroxylation is 1. The first-order chi connectivity index (χ1) is 10.1. The lowest BCUT2D eigenvalue weighted by Gasteiger charge is -2.30. The van der Waals surface area contributed by atoms with E-state index < -0.39 is 5.41 Å². The Labute approximate surface area is 125 Å². The number of aromatic nitrogens is 1. The number of nitrogens with zero attached hydrogens (tertiary/aromatic N) is 1. The van der Waals surface area contributed by atoms with Gasteiger partial charge in [0.15, 0.2) is 0 Å². The number of benzene rings is 1. The first-order valence-electron chi connectivity index (χ1n) is 6.87. The van der Waals surface area contributed by atoms with Crippen LogP contribution in [0.4, 0.5) is 0 Å². The van der Waals surface area contributed by atoms with E-state index in [1.807, 2.05) is 43.3 Å². The van der Waals surface area contributed by atoms with Gasteiger partial charge in [0.1, 0.15) is 5.41 Å². The molecule has 2 aromatic rings. The number of carbonyl (C=O) groups is 1. The van der Waals surface area contributed by atoms with Crippen LogP contribution in [0.25, 0.3) is 0 Å². The Morgan fingerprint density at radius 2 is 2.00 bits per heavy atom. The van der Waals surface area contributed by atoms with Crippen molar-refractivity contribution in [1.82, 2.24) is 4.98 Å². The minimum absolute atomic E-state index is 0.186. The first kappa shape index (κ1) is 15.2. The molecular weight excluding hydrogens is 264 g/mol. The van der Waals surface area contributed by atoms with Crippen LogP contribution in [0.1, 0.15) is 16.7 Å². The zero-order chi connectivity index (χ0) is 15.3. The van der Waals surface area contributed by atoms with Gasteiger partial charge in [0, 0.05) is 18.9 Å². The molecule has 0 aliphatic rings. The van der Waals surface area contributed by atoms with E-state index in [9.17, 15) is 4.79 Å². The molecule has 0 aliphatic carbocycles. The van der Waals surface area contributed by atoms with E-state index in [-0.39, 0.29) is 12.5 Å². The van der Waals surface area contributed by atoms with Crippen molar-refractivity contribution in [1.29, 1.82) is 0 Å². The predicted molar refractivity (Wildman–Crippen MR) is 81.9 cm³/mol. The second kappa shape index (κ2) is 6.50. The molecule has 110 valence electrons. The third-order valence-corrected chi connectivity index (χ3v) is 3.75. The van der Waals surface area contributed by atoms with Crippen LogP contribution in [0.15, 0.2) is 48.8 Å². The molecule has 0 fully saturated rings. The number of nitrogens with two attached hydrogens (primary N) is 1. The monoisotopic (exact) mass is 284 g/mol. The van der Waals surface area contributed by atoms with Gasteiger partial charge < -0.3 is 10.5 Å². The van der Waals surface area contributed by atoms with Crippen molar-refractivity contribution >= 4 is 5.97 Å². The summed E-state index contributed by atoms with van der Waals surface area (Å²) in [4.78, 5) is 16.5. The molecule has 1 aromatic heterocycles. The Hall–Kier alpha value is -2.20. The number of pyridine rings is 1. The van der Waals surface area contributed by atoms with Gasteiger partial charge in [-0.15, -0.1) is 0 Å². The van der Waals surface area contributed by atoms with Crippen LogP contribution in [-0.2, 0) is 21.4 Å². The molecule has 0 spiro atoms. The molecule has 0 saturated heterocycles. The minimum atomic E-state index is -0.873. The van der Waals surface area contributed by atoms with Crippen molar-refractivity contribution in [2.75, 3.05) is 13.7 Å². The summed E-state index contributed by atoms with van der Waals surface area (Å²) in [5.41, 5.74) is 8.10. The smallest absolute Gasteiger partial charge is 0.317 e. The van der Waals surface area contributed by atoms with Crippen LogP contribution < -0.4 is 5.73 Å². The molecule has 2 N–H and O–H groups in total. The molecule has 21 heavy (non-hydrogen) atoms. The Bertz CT molecular complexity index is 613. The third kappa shape index (κ3) is 3.11. The second-order valence-electron chi connectivity index (χ2n) is 5.18. The SMILES string of the molecule is COC(=O)C(CN)(Cc1ccncc1)c1cccc(C)c1. The van der Waals surface area contributed by atoms with Crippen molar-refractivity contribution in [2.24, 2.45) is 5.73 Å². The van der Waals surface area contributed by atoms with Gasteiger partial charge in [-0.05, 0) is 36.6 Å². The molecule has 0 aliphatic heterocycles. The van der Waals surface area contributed by atoms with Gasteiger partial charge in [-0.2, -0.15) is 0 Å². The van der Waals surface area contributed by atoms with Crippen molar-refractivity contribution in [3.63, 3.8) is 0 Å². The number of esters is 1. The molecule has 1 aromatic carbocycles. The average Bonchev–Trinajstić information content (AvgIpc) is 2.53. The van der Waals surface area contributed by atoms with Crippen LogP contribution in [-0.4, -0.2) is 24.6 Å². The van der Waals surface area contributed by atoms with Gasteiger partial charge in [0.25, 0.3) is 0 Å². The Morgan fingerprint density at radius 1 is 1.29 bits per heavy atom. The zero-order valence-electron chi connectivity index (χ0n) is 12.4. The van der Waals surface area contributed by atoms with E-state index in [0.717, 1.165) is 16.7 Å². The predicted octanol–water partition coefficient (Wildman–Crippen LogP) is 2.00. The van der Waals surface area contributed by atoms with Gasteiger partial charge in [0.05, 0.1) is 7.11 Å². The van der Waals surface area contributed by atoms with Crippen LogP contribution in [0, 0.1) is 6.92 Å². The Morgan fingerprint density at radius 3 is 2.57 bits per heavy atom. The van der Waals surface area contributed by atoms with E-state index in [4.69, 9.17) is 10.5 Å². The zero-order valence-corrected chi connectivity index (χ0v) is 12.4. The maximum Gasteiger partial charge on any atom is 0.317 e. The topological polar surface area (TPSA) is 65.2 Å². The molecule has 4 nitrogen and oxygen atoms in total. The summed E-state index contributed by atoms with van der Waals surface area (Å²) in [7, 11) is 1.40. The normalized spacial score (nSPS) is 13.5. The van der Waals surface area contributed by atoms with Crippen molar-refractivity contribution < 1.29 is 9.53 Å². The lowest BCUT2D eigenvalue weighted by atomic mass is 9.75. The minimum Gasteiger partial charge on any atom is -0.468 e. The van der Waals surface area contributed by atoms with Gasteiger partial charge in [-0.25, -0.2) is 0 Å². The molecular formula is C17H20N2O2. The lowest BCUT2D eigenvalue weighted by Crippen LogP contribution is -2.45. The molecule has 0 amide bonds. The third-order valence-electron chi connectivity index (χ3n) is 3.75. The van der Waals surface area contributed by atoms with Gasteiger partial charge >= 0.3 is 5.97 Å². The number of rotatable bonds is 5. The summed E-state index contributed by atoms with van der Waals surface area (Å²) in [5.74, 6) is -0.313. The summed E-state index contributed by atoms with van der Waals surface area (Å²) in [5, 5.41) is 0. The summed E-state index contributed by atoms with van der Waals surface area (Å²) in [6, 6.07) is 11.6. The maximum atomic E-state index is 12.5. The standard InChI is InChI=1S/C17H20N2O2/c1-13-4-3-5-15(10-13)17(12-18,16(20)21-2)11-14-6-8-19-9-7-14/h3-10H,11-12,18H2,1-2H3. The fraction of sp³-hybridized carbons (Fsp3) is 0.294. The first-order valence-corrected chi connectivity index (χ1v) is 6.87. The highest BCUT2D eigenvalue weighted by Gasteiger charge is 2.40. The molecule has 2 rings (SSSR count). The fourth-order valence-electron chi connectivity index (χ4n) is 2.55. The highest BCUT2D eigenvalue weighted by molar-refractivity contribution is 5.84. The van der Waals surface area contributed by atoms with E-state index in [1.54, 1.807) is 12.4 Å². The Kier molecular flexibility index (Phi) is 4.70. The highest BCUT2D eigenvalue weighted by Crippen LogP contribution is 2.30. The molecule has 0 radical (unpaired) electrons. The second-order valence-corrected chi connectivity index (χ2v) is 5.18. The molecule has 4 heteroatoms. The summed E-state index contributed by atoms with van der Waals surface area (Å²) in [6.45, 7) is 2.18. The molecule has 0 saturated carbocycles. The number of hydrogen-bond donors (Lipinski definition) is 1. The van der Waals surface area contributed by atoms with Crippen molar-refractivity contribution in [3.8, 4) is 0 Å². The largest absolute Gasteiger partial charge is 0.468 e. The lowest BCUT2D eigenvalue weighted by molar-refractivity contribution is -0.147. The molecule has 0 bridgehead atoms. The van der Waals surface area contributed by atoms with E-state index in [2.05, 4.69) is 4.98 Å². The van der Waals surface area contributed by atoms with E-state index in [1.165, 1.54) is 7.11 Å². The quantitative estimate of drug-likeness (QED) is 0.853. The maximum absolute atomic E-state index is 12.5. The van der Waals surface area contributed by atoms with Crippen molar-refractivity contribution in [3.05, 3.63) is 65.5 Å². The Balaban J connectivity index is 2.50. The van der Waals surface area contributed by atoms with Crippen LogP contribution >= 0.6 is 0 Å². The number of methoxy groups -OCH3 is 1. The van der Waals surface area contributed by atoms with Gasteiger partial charge in [-0.1, -0.05) is 29.8 Å². The van der Waals surface area contributed by atoms with Gasteiger partial charge in [0.2, 0.25) is 0 Å². The van der Waals surface area contributed by atoms with Crippen LogP contribution in [0.3, 0.4) is 0 Å². The van der Waals surface area contributed by atoms with Crippen LogP contribution in [0.2, 0.25) is 0 Å². The number of carbonyl (C=O) groups excluding carboxylic acids is 1. The number of ether oxygens (including phenoxy) is 1.